The van der Waals surface area contributed by atoms with Crippen LogP contribution in [0.4, 0.5) is 4.39 Å². The molecule has 4 bridgehead atoms. The van der Waals surface area contributed by atoms with Crippen molar-refractivity contribution < 1.29 is 23.9 Å². The molecule has 1 aromatic carbocycles. The van der Waals surface area contributed by atoms with Gasteiger partial charge in [0, 0.05) is 44.3 Å². The molecule has 34 heavy (non-hydrogen) atoms. The molecule has 7 aliphatic rings. The topological polar surface area (TPSA) is 40.2 Å². The van der Waals surface area contributed by atoms with E-state index in [1.54, 1.807) is 0 Å². The molecule has 1 aromatic rings. The minimum atomic E-state index is -0.793. The molecule has 0 unspecified atom stereocenters. The van der Waals surface area contributed by atoms with E-state index in [2.05, 4.69) is 29.2 Å². The first-order valence-electron chi connectivity index (χ1n) is 13.8. The Bertz CT molecular complexity index is 845. The van der Waals surface area contributed by atoms with Gasteiger partial charge < -0.3 is 0 Å². The Morgan fingerprint density at radius 2 is 1.47 bits per heavy atom. The van der Waals surface area contributed by atoms with Crippen LogP contribution in [0.25, 0.3) is 0 Å². The highest BCUT2D eigenvalue weighted by Crippen LogP contribution is 2.62. The van der Waals surface area contributed by atoms with Gasteiger partial charge in [0.1, 0.15) is 6.17 Å². The molecule has 0 radical (unpaired) electrons. The zero-order chi connectivity index (χ0) is 22.8. The second-order valence-electron chi connectivity index (χ2n) is 12.3. The zero-order valence-corrected chi connectivity index (χ0v) is 20.1. The first-order valence-corrected chi connectivity index (χ1v) is 13.8. The molecule has 5 saturated carbocycles. The monoisotopic (exact) mass is 471 g/mol. The molecule has 5 aliphatic carbocycles. The number of hydrogen-bond donors (Lipinski definition) is 0. The number of rotatable bonds is 3. The Morgan fingerprint density at radius 1 is 0.824 bits per heavy atom. The van der Waals surface area contributed by atoms with Gasteiger partial charge in [0.2, 0.25) is 11.6 Å². The number of nitrogens with zero attached hydrogens (tertiary/aromatic N) is 1. The average Bonchev–Trinajstić information content (AvgIpc) is 2.85. The third-order valence-corrected chi connectivity index (χ3v) is 9.97. The second-order valence-corrected chi connectivity index (χ2v) is 12.3. The lowest BCUT2D eigenvalue weighted by atomic mass is 9.53. The molecule has 0 aromatic heterocycles. The van der Waals surface area contributed by atoms with E-state index in [9.17, 15) is 4.39 Å². The van der Waals surface area contributed by atoms with Crippen molar-refractivity contribution >= 4 is 0 Å². The minimum absolute atomic E-state index is 0.366. The summed E-state index contributed by atoms with van der Waals surface area (Å²) in [5.41, 5.74) is 2.62. The predicted molar refractivity (Wildman–Crippen MR) is 124 cm³/mol. The van der Waals surface area contributed by atoms with Crippen molar-refractivity contribution in [1.29, 1.82) is 0 Å². The van der Waals surface area contributed by atoms with Gasteiger partial charge >= 0.3 is 0 Å². The van der Waals surface area contributed by atoms with Crippen LogP contribution in [0.5, 0.6) is 0 Å². The third kappa shape index (κ3) is 3.85. The van der Waals surface area contributed by atoms with Crippen LogP contribution in [-0.4, -0.2) is 35.7 Å². The summed E-state index contributed by atoms with van der Waals surface area (Å²) < 4.78 is 13.4. The van der Waals surface area contributed by atoms with Crippen LogP contribution in [0.1, 0.15) is 87.7 Å². The number of halogens is 1. The van der Waals surface area contributed by atoms with E-state index in [0.29, 0.717) is 30.6 Å². The second kappa shape index (κ2) is 8.52. The highest BCUT2D eigenvalue weighted by atomic mass is 19.1. The van der Waals surface area contributed by atoms with Gasteiger partial charge in [0.25, 0.3) is 0 Å². The van der Waals surface area contributed by atoms with Crippen LogP contribution < -0.4 is 0 Å². The summed E-state index contributed by atoms with van der Waals surface area (Å²) in [5, 5.41) is 0. The van der Waals surface area contributed by atoms with E-state index in [-0.39, 0.29) is 0 Å². The van der Waals surface area contributed by atoms with Gasteiger partial charge in [0.15, 0.2) is 0 Å². The zero-order valence-electron chi connectivity index (χ0n) is 20.1. The van der Waals surface area contributed by atoms with E-state index >= 15 is 0 Å². The highest BCUT2D eigenvalue weighted by Gasteiger charge is 2.64. The summed E-state index contributed by atoms with van der Waals surface area (Å²) in [6.45, 7) is 2.61. The normalized spacial score (nSPS) is 44.8. The molecule has 186 valence electrons. The number of likely N-dealkylation sites (tertiary alicyclic amines) is 1. The molecule has 1 atom stereocenters. The van der Waals surface area contributed by atoms with E-state index in [0.717, 1.165) is 57.2 Å². The molecule has 0 amide bonds. The van der Waals surface area contributed by atoms with Gasteiger partial charge in [-0.05, 0) is 86.7 Å². The molecule has 7 fully saturated rings. The van der Waals surface area contributed by atoms with Gasteiger partial charge in [0.05, 0.1) is 0 Å². The fraction of sp³-hybridized carbons (Fsp3) is 0.786. The molecule has 8 rings (SSSR count). The lowest BCUT2D eigenvalue weighted by Gasteiger charge is -2.60. The van der Waals surface area contributed by atoms with E-state index in [1.807, 2.05) is 0 Å². The average molecular weight is 472 g/mol. The number of hydrogen-bond acceptors (Lipinski definition) is 5. The van der Waals surface area contributed by atoms with Crippen molar-refractivity contribution in [3.63, 3.8) is 0 Å². The first kappa shape index (κ1) is 22.2. The van der Waals surface area contributed by atoms with E-state index < -0.39 is 17.7 Å². The summed E-state index contributed by atoms with van der Waals surface area (Å²) >= 11 is 0. The lowest BCUT2D eigenvalue weighted by Crippen LogP contribution is -2.64. The molecule has 2 aliphatic heterocycles. The fourth-order valence-electron chi connectivity index (χ4n) is 8.27. The molecular formula is C28H38FNO4. The number of piperidine rings is 1. The van der Waals surface area contributed by atoms with Crippen molar-refractivity contribution in [2.45, 2.75) is 101 Å². The SMILES string of the molecule is FC1CCN(Cc2ccc([C@@H]3CCCC4(C3)OOC3(OO4)C4CC5CC(C4)CC3C5)cc2)CC1. The predicted octanol–water partition coefficient (Wildman–Crippen LogP) is 6.04. The Hall–Kier alpha value is -1.05. The summed E-state index contributed by atoms with van der Waals surface area (Å²) in [7, 11) is 0. The van der Waals surface area contributed by atoms with Gasteiger partial charge in [-0.25, -0.2) is 4.39 Å². The molecule has 6 heteroatoms. The van der Waals surface area contributed by atoms with Crippen molar-refractivity contribution in [2.75, 3.05) is 13.1 Å². The third-order valence-electron chi connectivity index (χ3n) is 9.97. The minimum Gasteiger partial charge on any atom is -0.299 e. The van der Waals surface area contributed by atoms with Crippen LogP contribution >= 0.6 is 0 Å². The first-order chi connectivity index (χ1) is 16.6. The standard InChI is InChI=1S/C28H38FNO4/c29-26-7-10-30(11-8-26)18-19-3-5-22(6-4-19)23-2-1-9-27(17-23)31-33-28(34-32-27)24-13-20-12-21(15-24)16-25(28)14-20/h3-6,20-21,23-26H,1-2,7-18H2/t20?,21?,23-,24?,25?,27?,28?/m1/s1. The quantitative estimate of drug-likeness (QED) is 0.503. The van der Waals surface area contributed by atoms with E-state index in [1.165, 1.54) is 43.2 Å². The van der Waals surface area contributed by atoms with Crippen molar-refractivity contribution in [3.05, 3.63) is 35.4 Å². The molecular weight excluding hydrogens is 433 g/mol. The highest BCUT2D eigenvalue weighted by molar-refractivity contribution is 5.26. The maximum Gasteiger partial charge on any atom is 0.239 e. The van der Waals surface area contributed by atoms with Gasteiger partial charge in [-0.3, -0.25) is 4.90 Å². The smallest absolute Gasteiger partial charge is 0.239 e. The molecule has 0 N–H and O–H groups in total. The van der Waals surface area contributed by atoms with Crippen molar-refractivity contribution in [3.8, 4) is 0 Å². The van der Waals surface area contributed by atoms with Crippen LogP contribution in [0, 0.1) is 23.7 Å². The molecule has 2 saturated heterocycles. The van der Waals surface area contributed by atoms with Crippen molar-refractivity contribution in [1.82, 2.24) is 4.90 Å². The summed E-state index contributed by atoms with van der Waals surface area (Å²) in [6.07, 6.45) is 10.6. The lowest BCUT2D eigenvalue weighted by molar-refractivity contribution is -0.680. The summed E-state index contributed by atoms with van der Waals surface area (Å²) in [6, 6.07) is 8.98. The van der Waals surface area contributed by atoms with Gasteiger partial charge in [-0.2, -0.15) is 19.6 Å². The maximum atomic E-state index is 13.4. The van der Waals surface area contributed by atoms with Crippen LogP contribution in [0.15, 0.2) is 24.3 Å². The Morgan fingerprint density at radius 3 is 2.12 bits per heavy atom. The van der Waals surface area contributed by atoms with Gasteiger partial charge in [-0.15, -0.1) is 0 Å². The van der Waals surface area contributed by atoms with Crippen LogP contribution in [0.3, 0.4) is 0 Å². The van der Waals surface area contributed by atoms with Gasteiger partial charge in [-0.1, -0.05) is 24.3 Å². The number of benzene rings is 1. The molecule has 2 spiro atoms. The van der Waals surface area contributed by atoms with Crippen LogP contribution in [-0.2, 0) is 26.1 Å². The van der Waals surface area contributed by atoms with Crippen molar-refractivity contribution in [2.24, 2.45) is 23.7 Å². The molecule has 5 nitrogen and oxygen atoms in total. The van der Waals surface area contributed by atoms with E-state index in [4.69, 9.17) is 19.6 Å². The summed E-state index contributed by atoms with van der Waals surface area (Å²) in [4.78, 5) is 27.2. The largest absolute Gasteiger partial charge is 0.299 e. The fourth-order valence-corrected chi connectivity index (χ4v) is 8.27. The number of alkyl halides is 1. The van der Waals surface area contributed by atoms with Crippen LogP contribution in [0.2, 0.25) is 0 Å². The Balaban J connectivity index is 0.993. The molecule has 2 heterocycles. The summed E-state index contributed by atoms with van der Waals surface area (Å²) in [5.74, 6) is 1.39. The maximum absolute atomic E-state index is 13.4. The Kier molecular flexibility index (Phi) is 5.55. The Labute approximate surface area is 202 Å².